The smallest absolute Gasteiger partial charge is 0.0195 e. The van der Waals surface area contributed by atoms with Gasteiger partial charge in [0.15, 0.2) is 0 Å². The van der Waals surface area contributed by atoms with E-state index in [1.165, 1.54) is 42.5 Å². The van der Waals surface area contributed by atoms with Gasteiger partial charge in [-0.15, -0.1) is 0 Å². The van der Waals surface area contributed by atoms with Crippen LogP contribution in [0, 0.1) is 0 Å². The molecule has 2 fully saturated rings. The molecule has 1 heterocycles. The third-order valence-corrected chi connectivity index (χ3v) is 5.49. The summed E-state index contributed by atoms with van der Waals surface area (Å²) in [5.41, 5.74) is 4.39. The molecule has 0 bridgehead atoms. The van der Waals surface area contributed by atoms with Crippen LogP contribution in [0.15, 0.2) is 54.6 Å². The zero-order valence-corrected chi connectivity index (χ0v) is 14.4. The molecule has 0 amide bonds. The molecule has 2 heteroatoms. The maximum Gasteiger partial charge on any atom is 0.0195 e. The average Bonchev–Trinajstić information content (AvgIpc) is 3.41. The second kappa shape index (κ2) is 7.50. The van der Waals surface area contributed by atoms with Crippen molar-refractivity contribution < 1.29 is 0 Å². The van der Waals surface area contributed by atoms with Crippen LogP contribution in [0.3, 0.4) is 0 Å². The van der Waals surface area contributed by atoms with Crippen LogP contribution in [0.25, 0.3) is 0 Å². The van der Waals surface area contributed by atoms with Gasteiger partial charge in [-0.25, -0.2) is 0 Å². The number of aryl methyl sites for hydroxylation is 2. The molecule has 2 aromatic carbocycles. The summed E-state index contributed by atoms with van der Waals surface area (Å²) in [6, 6.07) is 21.5. The van der Waals surface area contributed by atoms with E-state index < -0.39 is 0 Å². The fourth-order valence-corrected chi connectivity index (χ4v) is 3.91. The highest BCUT2D eigenvalue weighted by Crippen LogP contribution is 2.41. The van der Waals surface area contributed by atoms with E-state index in [0.717, 1.165) is 25.3 Å². The minimum atomic E-state index is 0.680. The highest BCUT2D eigenvalue weighted by Gasteiger charge is 2.39. The number of hydrogen-bond acceptors (Lipinski definition) is 2. The van der Waals surface area contributed by atoms with Gasteiger partial charge in [-0.2, -0.15) is 0 Å². The zero-order valence-electron chi connectivity index (χ0n) is 14.4. The lowest BCUT2D eigenvalue weighted by atomic mass is 10.0. The molecule has 3 atom stereocenters. The first-order chi connectivity index (χ1) is 11.9. The van der Waals surface area contributed by atoms with Gasteiger partial charge in [0, 0.05) is 24.5 Å². The topological polar surface area (TPSA) is 24.1 Å². The predicted octanol–water partition coefficient (Wildman–Crippen LogP) is 3.67. The molecule has 24 heavy (non-hydrogen) atoms. The van der Waals surface area contributed by atoms with E-state index in [0.29, 0.717) is 12.1 Å². The standard InChI is InChI=1S/C22H28N2/c1-2-5-17(6-3-1)8-9-18-10-12-19(13-11-18)21-15-22(21)24-20-7-4-14-23-16-20/h1-3,5-6,10-13,20-24H,4,7-9,14-16H2/t20?,21-,22+/m1/s1. The van der Waals surface area contributed by atoms with Crippen LogP contribution >= 0.6 is 0 Å². The first kappa shape index (κ1) is 15.9. The Morgan fingerprint density at radius 1 is 0.917 bits per heavy atom. The van der Waals surface area contributed by atoms with Crippen molar-refractivity contribution in [2.75, 3.05) is 13.1 Å². The molecule has 0 aromatic heterocycles. The molecule has 0 radical (unpaired) electrons. The van der Waals surface area contributed by atoms with Gasteiger partial charge in [0.1, 0.15) is 0 Å². The predicted molar refractivity (Wildman–Crippen MR) is 100 cm³/mol. The quantitative estimate of drug-likeness (QED) is 0.848. The molecule has 1 saturated heterocycles. The number of piperidine rings is 1. The molecule has 1 aliphatic carbocycles. The second-order valence-corrected chi connectivity index (χ2v) is 7.39. The van der Waals surface area contributed by atoms with Crippen molar-refractivity contribution in [3.8, 4) is 0 Å². The highest BCUT2D eigenvalue weighted by atomic mass is 15.1. The number of benzene rings is 2. The Balaban J connectivity index is 1.27. The third-order valence-electron chi connectivity index (χ3n) is 5.49. The van der Waals surface area contributed by atoms with Crippen LogP contribution in [0.4, 0.5) is 0 Å². The van der Waals surface area contributed by atoms with Gasteiger partial charge in [-0.3, -0.25) is 0 Å². The lowest BCUT2D eigenvalue weighted by molar-refractivity contribution is 0.386. The van der Waals surface area contributed by atoms with Crippen molar-refractivity contribution in [1.29, 1.82) is 0 Å². The van der Waals surface area contributed by atoms with Crippen LogP contribution in [0.5, 0.6) is 0 Å². The maximum absolute atomic E-state index is 3.84. The van der Waals surface area contributed by atoms with Crippen molar-refractivity contribution in [2.45, 2.75) is 50.1 Å². The van der Waals surface area contributed by atoms with Crippen LogP contribution in [0.2, 0.25) is 0 Å². The summed E-state index contributed by atoms with van der Waals surface area (Å²) in [6.45, 7) is 2.33. The summed E-state index contributed by atoms with van der Waals surface area (Å²) in [4.78, 5) is 0. The fourth-order valence-electron chi connectivity index (χ4n) is 3.91. The van der Waals surface area contributed by atoms with Crippen molar-refractivity contribution in [3.05, 3.63) is 71.3 Å². The molecular formula is C22H28N2. The van der Waals surface area contributed by atoms with Crippen LogP contribution in [0.1, 0.15) is 41.9 Å². The SMILES string of the molecule is c1ccc(CCc2ccc([C@H]3C[C@@H]3NC3CCCNC3)cc2)cc1. The first-order valence-corrected chi connectivity index (χ1v) is 9.48. The van der Waals surface area contributed by atoms with E-state index in [-0.39, 0.29) is 0 Å². The minimum Gasteiger partial charge on any atom is -0.315 e. The van der Waals surface area contributed by atoms with Gasteiger partial charge in [0.25, 0.3) is 0 Å². The molecule has 1 saturated carbocycles. The van der Waals surface area contributed by atoms with Crippen LogP contribution < -0.4 is 10.6 Å². The van der Waals surface area contributed by atoms with E-state index in [9.17, 15) is 0 Å². The molecule has 2 aromatic rings. The van der Waals surface area contributed by atoms with Crippen LogP contribution in [-0.2, 0) is 12.8 Å². The highest BCUT2D eigenvalue weighted by molar-refractivity contribution is 5.31. The zero-order chi connectivity index (χ0) is 16.2. The minimum absolute atomic E-state index is 0.680. The van der Waals surface area contributed by atoms with Crippen LogP contribution in [-0.4, -0.2) is 25.2 Å². The van der Waals surface area contributed by atoms with Crippen molar-refractivity contribution in [1.82, 2.24) is 10.6 Å². The third kappa shape index (κ3) is 4.06. The molecule has 2 N–H and O–H groups in total. The lowest BCUT2D eigenvalue weighted by Gasteiger charge is -2.24. The van der Waals surface area contributed by atoms with E-state index in [1.54, 1.807) is 0 Å². The van der Waals surface area contributed by atoms with Crippen molar-refractivity contribution in [2.24, 2.45) is 0 Å². The summed E-state index contributed by atoms with van der Waals surface area (Å²) in [7, 11) is 0. The second-order valence-electron chi connectivity index (χ2n) is 7.39. The average molecular weight is 320 g/mol. The first-order valence-electron chi connectivity index (χ1n) is 9.48. The van der Waals surface area contributed by atoms with Gasteiger partial charge < -0.3 is 10.6 Å². The fraction of sp³-hybridized carbons (Fsp3) is 0.455. The molecule has 2 aliphatic rings. The maximum atomic E-state index is 3.84. The molecule has 1 unspecified atom stereocenters. The largest absolute Gasteiger partial charge is 0.315 e. The van der Waals surface area contributed by atoms with E-state index >= 15 is 0 Å². The van der Waals surface area contributed by atoms with E-state index in [2.05, 4.69) is 65.2 Å². The molecule has 4 rings (SSSR count). The lowest BCUT2D eigenvalue weighted by Crippen LogP contribution is -2.44. The normalized spacial score (nSPS) is 26.2. The monoisotopic (exact) mass is 320 g/mol. The summed E-state index contributed by atoms with van der Waals surface area (Å²) >= 11 is 0. The van der Waals surface area contributed by atoms with Gasteiger partial charge >= 0.3 is 0 Å². The van der Waals surface area contributed by atoms with Crippen molar-refractivity contribution in [3.63, 3.8) is 0 Å². The Hall–Kier alpha value is -1.64. The summed E-state index contributed by atoms with van der Waals surface area (Å²) in [5, 5.41) is 7.34. The Labute approximate surface area is 145 Å². The van der Waals surface area contributed by atoms with Crippen molar-refractivity contribution >= 4 is 0 Å². The van der Waals surface area contributed by atoms with E-state index in [4.69, 9.17) is 0 Å². The van der Waals surface area contributed by atoms with Gasteiger partial charge in [0.2, 0.25) is 0 Å². The summed E-state index contributed by atoms with van der Waals surface area (Å²) in [5.74, 6) is 0.732. The Morgan fingerprint density at radius 2 is 1.67 bits per heavy atom. The summed E-state index contributed by atoms with van der Waals surface area (Å²) < 4.78 is 0. The summed E-state index contributed by atoms with van der Waals surface area (Å²) in [6.07, 6.45) is 6.20. The Kier molecular flexibility index (Phi) is 4.96. The van der Waals surface area contributed by atoms with E-state index in [1.807, 2.05) is 0 Å². The molecule has 0 spiro atoms. The number of nitrogens with one attached hydrogen (secondary N) is 2. The molecule has 126 valence electrons. The molecule has 1 aliphatic heterocycles. The number of hydrogen-bond donors (Lipinski definition) is 2. The van der Waals surface area contributed by atoms with Gasteiger partial charge in [-0.1, -0.05) is 54.6 Å². The van der Waals surface area contributed by atoms with Gasteiger partial charge in [-0.05, 0) is 55.3 Å². The van der Waals surface area contributed by atoms with Gasteiger partial charge in [0.05, 0.1) is 0 Å². The molecule has 2 nitrogen and oxygen atoms in total. The Bertz CT molecular complexity index is 629. The number of rotatable bonds is 6. The Morgan fingerprint density at radius 3 is 2.38 bits per heavy atom. The molecular weight excluding hydrogens is 292 g/mol.